The first-order chi connectivity index (χ1) is 13.8. The lowest BCUT2D eigenvalue weighted by Gasteiger charge is -2.08. The van der Waals surface area contributed by atoms with Gasteiger partial charge in [0.2, 0.25) is 5.75 Å². The van der Waals surface area contributed by atoms with E-state index in [0.29, 0.717) is 11.5 Å². The molecule has 0 amide bonds. The van der Waals surface area contributed by atoms with E-state index in [2.05, 4.69) is 4.74 Å². The van der Waals surface area contributed by atoms with Crippen molar-refractivity contribution in [2.75, 3.05) is 0 Å². The van der Waals surface area contributed by atoms with Crippen LogP contribution in [0.4, 0.5) is 8.78 Å². The van der Waals surface area contributed by atoms with Crippen molar-refractivity contribution in [3.8, 4) is 5.75 Å². The van der Waals surface area contributed by atoms with Crippen molar-refractivity contribution in [2.24, 2.45) is 4.74 Å². The van der Waals surface area contributed by atoms with Crippen molar-refractivity contribution in [1.82, 2.24) is 0 Å². The minimum absolute atomic E-state index is 0.00937. The van der Waals surface area contributed by atoms with Gasteiger partial charge < -0.3 is 9.63 Å². The van der Waals surface area contributed by atoms with Crippen molar-refractivity contribution in [1.29, 1.82) is 0 Å². The average molecular weight is 438 g/mol. The number of nitrogens with zero attached hydrogens (tertiary/aromatic N) is 1. The zero-order chi connectivity index (χ0) is 21.0. The van der Waals surface area contributed by atoms with E-state index < -0.39 is 38.4 Å². The minimum Gasteiger partial charge on any atom is -0.575 e. The highest BCUT2D eigenvalue weighted by atomic mass is 35.5. The monoisotopic (exact) mass is 437 g/mol. The molecule has 2 atom stereocenters. The van der Waals surface area contributed by atoms with Gasteiger partial charge in [-0.3, -0.25) is 4.52 Å². The molecule has 0 aliphatic rings. The van der Waals surface area contributed by atoms with E-state index in [1.165, 1.54) is 13.0 Å². The molecule has 0 aromatic heterocycles. The lowest BCUT2D eigenvalue weighted by Crippen LogP contribution is -2.18. The fourth-order valence-electron chi connectivity index (χ4n) is 2.51. The van der Waals surface area contributed by atoms with Gasteiger partial charge in [0.1, 0.15) is 18.2 Å². The summed E-state index contributed by atoms with van der Waals surface area (Å²) in [6.07, 6.45) is 0. The molecular formula is C20H15ClF2NO4P. The van der Waals surface area contributed by atoms with Crippen LogP contribution >= 0.6 is 19.8 Å². The van der Waals surface area contributed by atoms with Gasteiger partial charge >= 0.3 is 14.1 Å². The molecule has 9 heteroatoms. The fourth-order valence-corrected chi connectivity index (χ4v) is 3.54. The van der Waals surface area contributed by atoms with Crippen LogP contribution in [0.5, 0.6) is 5.75 Å². The molecular weight excluding hydrogens is 423 g/mol. The molecule has 3 aromatic rings. The number of esters is 1. The molecule has 0 radical (unpaired) electrons. The number of rotatable bonds is 6. The number of carbonyl (C=O) groups is 1. The third kappa shape index (κ3) is 5.26. The molecule has 0 spiro atoms. The molecule has 0 saturated heterocycles. The maximum atomic E-state index is 13.6. The van der Waals surface area contributed by atoms with Crippen LogP contribution in [-0.4, -0.2) is 12.0 Å². The minimum atomic E-state index is -2.63. The van der Waals surface area contributed by atoms with Crippen LogP contribution < -0.4 is 9.42 Å². The Morgan fingerprint density at radius 3 is 2.72 bits per heavy atom. The number of halogens is 3. The summed E-state index contributed by atoms with van der Waals surface area (Å²) >= 11 is 6.14. The van der Waals surface area contributed by atoms with Gasteiger partial charge in [0.15, 0.2) is 6.04 Å². The molecule has 150 valence electrons. The molecule has 3 aromatic carbocycles. The summed E-state index contributed by atoms with van der Waals surface area (Å²) < 4.78 is 40.6. The third-order valence-electron chi connectivity index (χ3n) is 3.99. The van der Waals surface area contributed by atoms with Crippen LogP contribution in [0.1, 0.15) is 12.5 Å². The predicted octanol–water partition coefficient (Wildman–Crippen LogP) is 5.14. The maximum absolute atomic E-state index is 13.6. The van der Waals surface area contributed by atoms with Gasteiger partial charge in [-0.05, 0) is 30.5 Å². The summed E-state index contributed by atoms with van der Waals surface area (Å²) in [6.45, 7) is 0.961. The molecule has 1 unspecified atom stereocenters. The molecule has 3 rings (SSSR count). The van der Waals surface area contributed by atoms with Gasteiger partial charge in [-0.2, -0.15) is 0 Å². The van der Waals surface area contributed by atoms with Crippen LogP contribution in [0.3, 0.4) is 0 Å². The van der Waals surface area contributed by atoms with E-state index in [0.717, 1.165) is 11.5 Å². The van der Waals surface area contributed by atoms with Crippen LogP contribution in [-0.2, 0) is 16.1 Å². The van der Waals surface area contributed by atoms with Crippen molar-refractivity contribution < 1.29 is 27.7 Å². The topological polar surface area (TPSA) is 71.0 Å². The Bertz CT molecular complexity index is 1090. The van der Waals surface area contributed by atoms with Crippen molar-refractivity contribution in [2.45, 2.75) is 19.6 Å². The van der Waals surface area contributed by atoms with Crippen molar-refractivity contribution >= 4 is 36.5 Å². The van der Waals surface area contributed by atoms with Crippen LogP contribution in [0.2, 0.25) is 5.02 Å². The maximum Gasteiger partial charge on any atom is 0.395 e. The summed E-state index contributed by atoms with van der Waals surface area (Å²) in [4.78, 5) is 24.3. The summed E-state index contributed by atoms with van der Waals surface area (Å²) in [5, 5.41) is 1.74. The standard InChI is InChI=1S/C20H15ClF2NO4P/c1-12(20(25)27-11-14-6-8-15(22)10-18(14)23)24-29(26)28-19-16-5-3-2-4-13(16)7-9-17(19)21/h2-10,12H,11H2,1H3/t12-/m0/s1. The third-order valence-corrected chi connectivity index (χ3v) is 5.17. The van der Waals surface area contributed by atoms with Crippen LogP contribution in [0.25, 0.3) is 10.8 Å². The molecule has 0 aliphatic heterocycles. The Hall–Kier alpha value is -2.60. The van der Waals surface area contributed by atoms with E-state index in [-0.39, 0.29) is 16.3 Å². The first-order valence-corrected chi connectivity index (χ1v) is 10.00. The SMILES string of the molecule is C[C@H](N=[P+]([O-])Oc1c(Cl)ccc2ccccc12)C(=O)OCc1ccc(F)cc1F. The number of benzene rings is 3. The smallest absolute Gasteiger partial charge is 0.395 e. The second-order valence-electron chi connectivity index (χ2n) is 6.06. The molecule has 0 bridgehead atoms. The second kappa shape index (κ2) is 9.27. The normalized spacial score (nSPS) is 12.7. The number of ether oxygens (including phenoxy) is 1. The molecule has 29 heavy (non-hydrogen) atoms. The Labute approximate surface area is 171 Å². The lowest BCUT2D eigenvalue weighted by atomic mass is 10.1. The number of fused-ring (bicyclic) bond motifs is 1. The van der Waals surface area contributed by atoms with Gasteiger partial charge in [-0.1, -0.05) is 46.7 Å². The largest absolute Gasteiger partial charge is 0.575 e. The summed E-state index contributed by atoms with van der Waals surface area (Å²) in [5.74, 6) is -2.20. The van der Waals surface area contributed by atoms with E-state index in [4.69, 9.17) is 20.9 Å². The number of carbonyl (C=O) groups excluding carboxylic acids is 1. The van der Waals surface area contributed by atoms with Crippen molar-refractivity contribution in [3.63, 3.8) is 0 Å². The van der Waals surface area contributed by atoms with Gasteiger partial charge in [-0.15, -0.1) is 0 Å². The molecule has 0 aliphatic carbocycles. The Balaban J connectivity index is 1.68. The Morgan fingerprint density at radius 1 is 1.21 bits per heavy atom. The first-order valence-electron chi connectivity index (χ1n) is 8.49. The average Bonchev–Trinajstić information content (AvgIpc) is 2.69. The summed E-state index contributed by atoms with van der Waals surface area (Å²) in [6, 6.07) is 12.4. The Kier molecular flexibility index (Phi) is 6.75. The quantitative estimate of drug-likeness (QED) is 0.395. The van der Waals surface area contributed by atoms with E-state index in [1.807, 2.05) is 12.1 Å². The predicted molar refractivity (Wildman–Crippen MR) is 105 cm³/mol. The van der Waals surface area contributed by atoms with Gasteiger partial charge in [0.25, 0.3) is 0 Å². The number of hydrogen-bond donors (Lipinski definition) is 0. The van der Waals surface area contributed by atoms with Gasteiger partial charge in [0.05, 0.1) is 5.02 Å². The zero-order valence-electron chi connectivity index (χ0n) is 15.1. The first kappa shape index (κ1) is 21.1. The molecule has 0 N–H and O–H groups in total. The second-order valence-corrected chi connectivity index (χ2v) is 7.36. The fraction of sp³-hybridized carbons (Fsp3) is 0.150. The van der Waals surface area contributed by atoms with E-state index in [1.54, 1.807) is 24.3 Å². The lowest BCUT2D eigenvalue weighted by molar-refractivity contribution is -0.169. The van der Waals surface area contributed by atoms with Crippen LogP contribution in [0, 0.1) is 11.6 Å². The molecule has 0 fully saturated rings. The molecule has 0 saturated carbocycles. The summed E-state index contributed by atoms with van der Waals surface area (Å²) in [7, 11) is -2.63. The van der Waals surface area contributed by atoms with Gasteiger partial charge in [-0.25, -0.2) is 13.6 Å². The van der Waals surface area contributed by atoms with E-state index >= 15 is 0 Å². The van der Waals surface area contributed by atoms with Gasteiger partial charge in [0, 0.05) is 17.0 Å². The number of hydrogen-bond acceptors (Lipinski definition) is 5. The highest BCUT2D eigenvalue weighted by Crippen LogP contribution is 2.37. The highest BCUT2D eigenvalue weighted by molar-refractivity contribution is 7.34. The van der Waals surface area contributed by atoms with E-state index in [9.17, 15) is 18.5 Å². The highest BCUT2D eigenvalue weighted by Gasteiger charge is 2.21. The van der Waals surface area contributed by atoms with Crippen LogP contribution in [0.15, 0.2) is 59.3 Å². The Morgan fingerprint density at radius 2 is 1.97 bits per heavy atom. The zero-order valence-corrected chi connectivity index (χ0v) is 16.8. The summed E-state index contributed by atoms with van der Waals surface area (Å²) in [5.41, 5.74) is 0.00937. The molecule has 0 heterocycles. The molecule has 5 nitrogen and oxygen atoms in total. The van der Waals surface area contributed by atoms with Crippen molar-refractivity contribution in [3.05, 3.63) is 76.8 Å².